The molecule has 0 spiro atoms. The third kappa shape index (κ3) is 7.46. The Balaban J connectivity index is 3.30. The van der Waals surface area contributed by atoms with Crippen molar-refractivity contribution in [1.29, 1.82) is 0 Å². The molecule has 0 unspecified atom stereocenters. The van der Waals surface area contributed by atoms with Crippen LogP contribution in [0.2, 0.25) is 0 Å². The first-order valence-corrected chi connectivity index (χ1v) is 4.33. The van der Waals surface area contributed by atoms with E-state index in [1.54, 1.807) is 6.92 Å². The van der Waals surface area contributed by atoms with Crippen molar-refractivity contribution >= 4 is 23.0 Å². The molecule has 0 rings (SSSR count). The van der Waals surface area contributed by atoms with Gasteiger partial charge < -0.3 is 5.32 Å². The van der Waals surface area contributed by atoms with Gasteiger partial charge in [-0.1, -0.05) is 25.6 Å². The molecule has 0 atom stereocenters. The van der Waals surface area contributed by atoms with Gasteiger partial charge in [0.15, 0.2) is 0 Å². The van der Waals surface area contributed by atoms with Gasteiger partial charge in [-0.25, -0.2) is 0 Å². The molecule has 0 bridgehead atoms. The largest absolute Gasteiger partial charge is 0.379 e. The Kier molecular flexibility index (Phi) is 6.03. The molecule has 0 aromatic carbocycles. The van der Waals surface area contributed by atoms with Crippen LogP contribution in [0.4, 0.5) is 0 Å². The fourth-order valence-electron chi connectivity index (χ4n) is 0.693. The average Bonchev–Trinajstić information content (AvgIpc) is 1.86. The number of Topliss-reactive ketones (excluding diaryl/α,β-unsaturated/α-hetero) is 1. The molecular weight excluding hydrogens is 158 g/mol. The summed E-state index contributed by atoms with van der Waals surface area (Å²) in [5.41, 5.74) is 0. The highest BCUT2D eigenvalue weighted by molar-refractivity contribution is 7.80. The number of ketones is 1. The minimum Gasteiger partial charge on any atom is -0.379 e. The summed E-state index contributed by atoms with van der Waals surface area (Å²) in [6.45, 7) is 4.56. The number of thiocarbonyl (C=S) groups is 1. The average molecular weight is 173 g/mol. The molecule has 0 radical (unpaired) electrons. The van der Waals surface area contributed by atoms with Gasteiger partial charge in [0.25, 0.3) is 0 Å². The Labute approximate surface area is 73.4 Å². The summed E-state index contributed by atoms with van der Waals surface area (Å²) in [6.07, 6.45) is 2.65. The third-order valence-corrected chi connectivity index (χ3v) is 1.55. The summed E-state index contributed by atoms with van der Waals surface area (Å²) in [4.78, 5) is 11.2. The zero-order valence-corrected chi connectivity index (χ0v) is 7.96. The van der Waals surface area contributed by atoms with Gasteiger partial charge in [0.2, 0.25) is 0 Å². The predicted octanol–water partition coefficient (Wildman–Crippen LogP) is 1.68. The van der Waals surface area contributed by atoms with E-state index < -0.39 is 0 Å². The quantitative estimate of drug-likeness (QED) is 0.506. The van der Waals surface area contributed by atoms with Crippen LogP contribution in [0, 0.1) is 0 Å². The van der Waals surface area contributed by atoms with E-state index in [0.29, 0.717) is 11.4 Å². The third-order valence-electron chi connectivity index (χ3n) is 1.26. The van der Waals surface area contributed by atoms with Gasteiger partial charge in [0.1, 0.15) is 5.78 Å². The molecule has 0 aromatic rings. The Bertz CT molecular complexity index is 145. The number of rotatable bonds is 5. The van der Waals surface area contributed by atoms with E-state index in [9.17, 15) is 4.79 Å². The minimum atomic E-state index is 0.124. The second kappa shape index (κ2) is 6.28. The van der Waals surface area contributed by atoms with Crippen molar-refractivity contribution in [2.75, 3.05) is 6.54 Å². The van der Waals surface area contributed by atoms with Crippen molar-refractivity contribution in [3.05, 3.63) is 0 Å². The van der Waals surface area contributed by atoms with Crippen LogP contribution in [0.25, 0.3) is 0 Å². The van der Waals surface area contributed by atoms with Gasteiger partial charge in [-0.05, 0) is 13.3 Å². The smallest absolute Gasteiger partial charge is 0.136 e. The minimum absolute atomic E-state index is 0.124. The standard InChI is InChI=1S/C8H15NOS/c1-3-4-5-9-8(11)6-7(2)10/h3-6H2,1-2H3,(H,9,11). The lowest BCUT2D eigenvalue weighted by molar-refractivity contribution is -0.115. The molecular formula is C8H15NOS. The lowest BCUT2D eigenvalue weighted by Crippen LogP contribution is -2.24. The van der Waals surface area contributed by atoms with Gasteiger partial charge in [-0.15, -0.1) is 0 Å². The molecule has 0 saturated carbocycles. The van der Waals surface area contributed by atoms with Crippen LogP contribution in [0.3, 0.4) is 0 Å². The monoisotopic (exact) mass is 173 g/mol. The first kappa shape index (κ1) is 10.6. The fraction of sp³-hybridized carbons (Fsp3) is 0.750. The maximum atomic E-state index is 10.6. The summed E-state index contributed by atoms with van der Waals surface area (Å²) in [6, 6.07) is 0. The van der Waals surface area contributed by atoms with Crippen molar-refractivity contribution in [3.63, 3.8) is 0 Å². The van der Waals surface area contributed by atoms with Gasteiger partial charge in [0.05, 0.1) is 11.4 Å². The number of carbonyl (C=O) groups is 1. The fourth-order valence-corrected chi connectivity index (χ4v) is 0.999. The summed E-state index contributed by atoms with van der Waals surface area (Å²) < 4.78 is 0. The summed E-state index contributed by atoms with van der Waals surface area (Å²) in [5.74, 6) is 0.124. The van der Waals surface area contributed by atoms with E-state index >= 15 is 0 Å². The van der Waals surface area contributed by atoms with Gasteiger partial charge in [-0.3, -0.25) is 4.79 Å². The maximum absolute atomic E-state index is 10.6. The van der Waals surface area contributed by atoms with Crippen LogP contribution < -0.4 is 5.32 Å². The van der Waals surface area contributed by atoms with Gasteiger partial charge >= 0.3 is 0 Å². The molecule has 0 aliphatic rings. The Morgan fingerprint density at radius 1 is 1.55 bits per heavy atom. The first-order chi connectivity index (χ1) is 5.16. The van der Waals surface area contributed by atoms with Crippen molar-refractivity contribution in [2.24, 2.45) is 0 Å². The number of nitrogens with one attached hydrogen (secondary N) is 1. The molecule has 0 aliphatic carbocycles. The lowest BCUT2D eigenvalue weighted by atomic mass is 10.3. The molecule has 0 fully saturated rings. The highest BCUT2D eigenvalue weighted by Crippen LogP contribution is 1.87. The highest BCUT2D eigenvalue weighted by atomic mass is 32.1. The molecule has 1 N–H and O–H groups in total. The Morgan fingerprint density at radius 2 is 2.18 bits per heavy atom. The molecule has 0 amide bonds. The SMILES string of the molecule is CCCCNC(=S)CC(C)=O. The van der Waals surface area contributed by atoms with E-state index in [0.717, 1.165) is 19.4 Å². The number of hydrogen-bond donors (Lipinski definition) is 1. The molecule has 0 aliphatic heterocycles. The summed E-state index contributed by atoms with van der Waals surface area (Å²) in [7, 11) is 0. The van der Waals surface area contributed by atoms with Crippen LogP contribution in [0.5, 0.6) is 0 Å². The van der Waals surface area contributed by atoms with Crippen LogP contribution in [0.15, 0.2) is 0 Å². The normalized spacial score (nSPS) is 9.27. The van der Waals surface area contributed by atoms with Crippen LogP contribution in [0.1, 0.15) is 33.1 Å². The molecule has 0 aromatic heterocycles. The topological polar surface area (TPSA) is 29.1 Å². The maximum Gasteiger partial charge on any atom is 0.136 e. The molecule has 2 nitrogen and oxygen atoms in total. The number of hydrogen-bond acceptors (Lipinski definition) is 2. The zero-order valence-electron chi connectivity index (χ0n) is 7.14. The Hall–Kier alpha value is -0.440. The molecule has 3 heteroatoms. The van der Waals surface area contributed by atoms with Crippen LogP contribution >= 0.6 is 12.2 Å². The van der Waals surface area contributed by atoms with Crippen molar-refractivity contribution in [2.45, 2.75) is 33.1 Å². The first-order valence-electron chi connectivity index (χ1n) is 3.93. The molecule has 11 heavy (non-hydrogen) atoms. The van der Waals surface area contributed by atoms with E-state index in [1.807, 2.05) is 0 Å². The van der Waals surface area contributed by atoms with Crippen molar-refractivity contribution in [1.82, 2.24) is 5.32 Å². The Morgan fingerprint density at radius 3 is 2.64 bits per heavy atom. The second-order valence-electron chi connectivity index (χ2n) is 2.58. The lowest BCUT2D eigenvalue weighted by Gasteiger charge is -2.03. The zero-order chi connectivity index (χ0) is 8.69. The highest BCUT2D eigenvalue weighted by Gasteiger charge is 1.98. The van der Waals surface area contributed by atoms with Crippen molar-refractivity contribution in [3.8, 4) is 0 Å². The molecule has 0 heterocycles. The van der Waals surface area contributed by atoms with E-state index in [2.05, 4.69) is 12.2 Å². The number of unbranched alkanes of at least 4 members (excludes halogenated alkanes) is 1. The summed E-state index contributed by atoms with van der Waals surface area (Å²) >= 11 is 4.91. The van der Waals surface area contributed by atoms with Crippen LogP contribution in [-0.2, 0) is 4.79 Å². The number of carbonyl (C=O) groups excluding carboxylic acids is 1. The van der Waals surface area contributed by atoms with Crippen LogP contribution in [-0.4, -0.2) is 17.3 Å². The van der Waals surface area contributed by atoms with E-state index in [4.69, 9.17) is 12.2 Å². The van der Waals surface area contributed by atoms with Crippen molar-refractivity contribution < 1.29 is 4.79 Å². The van der Waals surface area contributed by atoms with Gasteiger partial charge in [-0.2, -0.15) is 0 Å². The molecule has 64 valence electrons. The predicted molar refractivity (Wildman–Crippen MR) is 50.8 cm³/mol. The van der Waals surface area contributed by atoms with Gasteiger partial charge in [0, 0.05) is 6.54 Å². The molecule has 0 saturated heterocycles. The van der Waals surface area contributed by atoms with E-state index in [1.165, 1.54) is 0 Å². The van der Waals surface area contributed by atoms with E-state index in [-0.39, 0.29) is 5.78 Å². The summed E-state index contributed by atoms with van der Waals surface area (Å²) in [5, 5.41) is 3.03. The second-order valence-corrected chi connectivity index (χ2v) is 3.08.